The maximum atomic E-state index is 12.2. The molecule has 7 heteroatoms. The van der Waals surface area contributed by atoms with Crippen LogP contribution in [-0.4, -0.2) is 47.0 Å². The summed E-state index contributed by atoms with van der Waals surface area (Å²) in [7, 11) is 0.589. The molecule has 0 unspecified atom stereocenters. The van der Waals surface area contributed by atoms with Crippen molar-refractivity contribution < 1.29 is 8.42 Å². The Bertz CT molecular complexity index is 524. The third-order valence-corrected chi connectivity index (χ3v) is 6.22. The summed E-state index contributed by atoms with van der Waals surface area (Å²) < 4.78 is 27.6. The van der Waals surface area contributed by atoms with Gasteiger partial charge in [0.15, 0.2) is 0 Å². The molecule has 122 valence electrons. The summed E-state index contributed by atoms with van der Waals surface area (Å²) in [6.45, 7) is 7.11. The Hall–Kier alpha value is -0.470. The van der Waals surface area contributed by atoms with Crippen LogP contribution in [0.1, 0.15) is 30.2 Å². The van der Waals surface area contributed by atoms with Gasteiger partial charge in [0.05, 0.1) is 0 Å². The van der Waals surface area contributed by atoms with Gasteiger partial charge >= 0.3 is 0 Å². The number of rotatable bonds is 10. The average Bonchev–Trinajstić information content (AvgIpc) is 2.77. The number of thiophene rings is 1. The van der Waals surface area contributed by atoms with Crippen molar-refractivity contribution in [3.63, 3.8) is 0 Å². The van der Waals surface area contributed by atoms with Gasteiger partial charge in [0, 0.05) is 18.0 Å². The number of hydrogen-bond donors (Lipinski definition) is 2. The molecule has 1 heterocycles. The second-order valence-electron chi connectivity index (χ2n) is 5.40. The van der Waals surface area contributed by atoms with E-state index in [-0.39, 0.29) is 0 Å². The van der Waals surface area contributed by atoms with Crippen LogP contribution in [0, 0.1) is 6.92 Å². The number of nitrogens with one attached hydrogen (secondary N) is 2. The standard InChI is InChI=1S/C14H27N3O2S2/c1-5-7-15-11-13-12(2)10-14(20-13)21(18,19)16-8-6-9-17(3)4/h10,15-16H,5-9,11H2,1-4H3. The van der Waals surface area contributed by atoms with Crippen molar-refractivity contribution in [1.29, 1.82) is 0 Å². The van der Waals surface area contributed by atoms with Crippen LogP contribution in [0.3, 0.4) is 0 Å². The van der Waals surface area contributed by atoms with Crippen LogP contribution in [0.5, 0.6) is 0 Å². The van der Waals surface area contributed by atoms with E-state index in [0.717, 1.165) is 42.9 Å². The van der Waals surface area contributed by atoms with Crippen molar-refractivity contribution in [2.45, 2.75) is 37.4 Å². The summed E-state index contributed by atoms with van der Waals surface area (Å²) in [4.78, 5) is 3.14. The molecule has 1 aromatic heterocycles. The summed E-state index contributed by atoms with van der Waals surface area (Å²) in [5.41, 5.74) is 1.04. The van der Waals surface area contributed by atoms with Gasteiger partial charge in [-0.25, -0.2) is 13.1 Å². The summed E-state index contributed by atoms with van der Waals surface area (Å²) in [6.07, 6.45) is 1.88. The molecular weight excluding hydrogens is 306 g/mol. The van der Waals surface area contributed by atoms with E-state index in [4.69, 9.17) is 0 Å². The number of hydrogen-bond acceptors (Lipinski definition) is 5. The highest BCUT2D eigenvalue weighted by molar-refractivity contribution is 7.91. The van der Waals surface area contributed by atoms with Crippen LogP contribution in [0.15, 0.2) is 10.3 Å². The SMILES string of the molecule is CCCNCc1sc(S(=O)(=O)NCCCN(C)C)cc1C. The maximum Gasteiger partial charge on any atom is 0.250 e. The van der Waals surface area contributed by atoms with Gasteiger partial charge < -0.3 is 10.2 Å². The molecule has 0 radical (unpaired) electrons. The highest BCUT2D eigenvalue weighted by Crippen LogP contribution is 2.25. The zero-order chi connectivity index (χ0) is 15.9. The monoisotopic (exact) mass is 333 g/mol. The first-order chi connectivity index (χ1) is 9.86. The third-order valence-electron chi connectivity index (χ3n) is 3.05. The topological polar surface area (TPSA) is 61.4 Å². The molecule has 0 aromatic carbocycles. The Morgan fingerprint density at radius 1 is 1.29 bits per heavy atom. The number of sulfonamides is 1. The van der Waals surface area contributed by atoms with Crippen LogP contribution in [-0.2, 0) is 16.6 Å². The van der Waals surface area contributed by atoms with Gasteiger partial charge in [-0.15, -0.1) is 11.3 Å². The van der Waals surface area contributed by atoms with E-state index in [9.17, 15) is 8.42 Å². The van der Waals surface area contributed by atoms with E-state index in [1.807, 2.05) is 25.9 Å². The fourth-order valence-electron chi connectivity index (χ4n) is 1.85. The molecule has 1 rings (SSSR count). The smallest absolute Gasteiger partial charge is 0.250 e. The third kappa shape index (κ3) is 6.44. The van der Waals surface area contributed by atoms with Crippen LogP contribution in [0.25, 0.3) is 0 Å². The molecule has 0 bridgehead atoms. The summed E-state index contributed by atoms with van der Waals surface area (Å²) in [5, 5.41) is 3.31. The van der Waals surface area contributed by atoms with Crippen molar-refractivity contribution >= 4 is 21.4 Å². The lowest BCUT2D eigenvalue weighted by Crippen LogP contribution is -2.26. The minimum absolute atomic E-state index is 0.415. The van der Waals surface area contributed by atoms with Crippen LogP contribution >= 0.6 is 11.3 Å². The minimum atomic E-state index is -3.37. The first-order valence-electron chi connectivity index (χ1n) is 7.31. The molecule has 0 spiro atoms. The van der Waals surface area contributed by atoms with Crippen LogP contribution < -0.4 is 10.0 Å². The van der Waals surface area contributed by atoms with Gasteiger partial charge in [-0.2, -0.15) is 0 Å². The molecule has 0 atom stereocenters. The van der Waals surface area contributed by atoms with Gasteiger partial charge in [0.2, 0.25) is 10.0 Å². The zero-order valence-corrected chi connectivity index (χ0v) is 15.0. The first kappa shape index (κ1) is 18.6. The van der Waals surface area contributed by atoms with Crippen molar-refractivity contribution in [2.75, 3.05) is 33.7 Å². The fourth-order valence-corrected chi connectivity index (χ4v) is 4.53. The molecule has 1 aromatic rings. The van der Waals surface area contributed by atoms with Gasteiger partial charge in [-0.05, 0) is 58.6 Å². The summed E-state index contributed by atoms with van der Waals surface area (Å²) in [5.74, 6) is 0. The van der Waals surface area contributed by atoms with Crippen molar-refractivity contribution in [3.8, 4) is 0 Å². The van der Waals surface area contributed by atoms with E-state index < -0.39 is 10.0 Å². The predicted octanol–water partition coefficient (Wildman–Crippen LogP) is 1.79. The molecular formula is C14H27N3O2S2. The molecule has 0 amide bonds. The van der Waals surface area contributed by atoms with Crippen molar-refractivity contribution in [2.24, 2.45) is 0 Å². The Labute approximate surface area is 132 Å². The Morgan fingerprint density at radius 3 is 2.62 bits per heavy atom. The molecule has 5 nitrogen and oxygen atoms in total. The quantitative estimate of drug-likeness (QED) is 0.641. The zero-order valence-electron chi connectivity index (χ0n) is 13.4. The highest BCUT2D eigenvalue weighted by Gasteiger charge is 2.18. The molecule has 0 aliphatic rings. The van der Waals surface area contributed by atoms with Crippen molar-refractivity contribution in [3.05, 3.63) is 16.5 Å². The lowest BCUT2D eigenvalue weighted by atomic mass is 10.3. The Kier molecular flexibility index (Phi) is 7.83. The fraction of sp³-hybridized carbons (Fsp3) is 0.714. The normalized spacial score (nSPS) is 12.2. The maximum absolute atomic E-state index is 12.2. The molecule has 0 aliphatic heterocycles. The number of nitrogens with zero attached hydrogens (tertiary/aromatic N) is 1. The number of aryl methyl sites for hydroxylation is 1. The predicted molar refractivity (Wildman–Crippen MR) is 89.4 cm³/mol. The minimum Gasteiger partial charge on any atom is -0.312 e. The van der Waals surface area contributed by atoms with Gasteiger partial charge in [-0.1, -0.05) is 6.92 Å². The van der Waals surface area contributed by atoms with Gasteiger partial charge in [0.1, 0.15) is 4.21 Å². The van der Waals surface area contributed by atoms with Crippen LogP contribution in [0.2, 0.25) is 0 Å². The van der Waals surface area contributed by atoms with E-state index in [1.165, 1.54) is 11.3 Å². The van der Waals surface area contributed by atoms with E-state index in [0.29, 0.717) is 10.8 Å². The Morgan fingerprint density at radius 2 is 2.00 bits per heavy atom. The van der Waals surface area contributed by atoms with E-state index in [1.54, 1.807) is 6.07 Å². The van der Waals surface area contributed by atoms with Crippen molar-refractivity contribution in [1.82, 2.24) is 14.9 Å². The van der Waals surface area contributed by atoms with E-state index >= 15 is 0 Å². The lowest BCUT2D eigenvalue weighted by Gasteiger charge is -2.09. The molecule has 0 saturated carbocycles. The largest absolute Gasteiger partial charge is 0.312 e. The molecule has 21 heavy (non-hydrogen) atoms. The van der Waals surface area contributed by atoms with Crippen LogP contribution in [0.4, 0.5) is 0 Å². The molecule has 0 aliphatic carbocycles. The van der Waals surface area contributed by atoms with E-state index in [2.05, 4.69) is 17.0 Å². The molecule has 0 fully saturated rings. The summed E-state index contributed by atoms with van der Waals surface area (Å²) >= 11 is 1.36. The second-order valence-corrected chi connectivity index (χ2v) is 8.53. The first-order valence-corrected chi connectivity index (χ1v) is 9.61. The highest BCUT2D eigenvalue weighted by atomic mass is 32.2. The molecule has 0 saturated heterocycles. The van der Waals surface area contributed by atoms with Gasteiger partial charge in [-0.3, -0.25) is 0 Å². The second kappa shape index (κ2) is 8.85. The lowest BCUT2D eigenvalue weighted by molar-refractivity contribution is 0.400. The van der Waals surface area contributed by atoms with Gasteiger partial charge in [0.25, 0.3) is 0 Å². The molecule has 2 N–H and O–H groups in total. The summed E-state index contributed by atoms with van der Waals surface area (Å²) in [6, 6.07) is 1.77. The average molecular weight is 334 g/mol. The Balaban J connectivity index is 2.60.